The molecule has 0 bridgehead atoms. The SMILES string of the molecule is COc1ccc2c(O[C@@H]3C[C@H]4C(=O)N[C@]5(C(=O)NS(=O)(=O)C6(C)CC6)C[C@@H]5/C=C\CCCCC[C@H](NC(=O)N5CCC(F)(F)C5)C(=O)N4C3)cc(OC(C)C)nc2c1C. The van der Waals surface area contributed by atoms with Gasteiger partial charge in [0, 0.05) is 42.3 Å². The maximum Gasteiger partial charge on any atom is 0.318 e. The molecule has 18 heteroatoms. The number of alkyl halides is 2. The number of hydrogen-bond donors (Lipinski definition) is 3. The number of methoxy groups -OCH3 is 1. The van der Waals surface area contributed by atoms with Crippen LogP contribution in [0.3, 0.4) is 0 Å². The van der Waals surface area contributed by atoms with Crippen molar-refractivity contribution in [1.82, 2.24) is 30.1 Å². The number of urea groups is 1. The molecule has 3 aliphatic heterocycles. The number of allylic oxidation sites excluding steroid dienone is 1. The molecule has 1 aromatic heterocycles. The van der Waals surface area contributed by atoms with Gasteiger partial charge in [-0.15, -0.1) is 0 Å². The Kier molecular flexibility index (Phi) is 11.5. The zero-order chi connectivity index (χ0) is 42.5. The lowest BCUT2D eigenvalue weighted by Gasteiger charge is -2.30. The first-order valence-corrected chi connectivity index (χ1v) is 21.9. The number of hydrogen-bond acceptors (Lipinski definition) is 10. The second kappa shape index (κ2) is 16.0. The second-order valence-corrected chi connectivity index (χ2v) is 19.3. The minimum absolute atomic E-state index is 0.0372. The van der Waals surface area contributed by atoms with Crippen LogP contribution in [0.4, 0.5) is 13.6 Å². The number of carbonyl (C=O) groups is 4. The molecule has 322 valence electrons. The summed E-state index contributed by atoms with van der Waals surface area (Å²) in [5.74, 6) is -4.44. The van der Waals surface area contributed by atoms with Crippen LogP contribution in [0.25, 0.3) is 10.9 Å². The minimum atomic E-state index is -4.04. The molecule has 5 atom stereocenters. The Balaban J connectivity index is 1.22. The summed E-state index contributed by atoms with van der Waals surface area (Å²) in [6.45, 7) is 6.07. The number of nitrogens with zero attached hydrogens (tertiary/aromatic N) is 3. The quantitative estimate of drug-likeness (QED) is 0.304. The highest BCUT2D eigenvalue weighted by Crippen LogP contribution is 2.48. The molecule has 0 radical (unpaired) electrons. The fraction of sp³-hybridized carbons (Fsp3) is 0.634. The normalized spacial score (nSPS) is 28.4. The van der Waals surface area contributed by atoms with E-state index in [2.05, 4.69) is 15.4 Å². The van der Waals surface area contributed by atoms with Gasteiger partial charge in [0.15, 0.2) is 0 Å². The molecule has 3 N–H and O–H groups in total. The molecule has 2 aliphatic carbocycles. The highest BCUT2D eigenvalue weighted by molar-refractivity contribution is 7.91. The topological polar surface area (TPSA) is 186 Å². The van der Waals surface area contributed by atoms with Gasteiger partial charge in [0.05, 0.1) is 36.6 Å². The third-order valence-corrected chi connectivity index (χ3v) is 14.4. The Hall–Kier alpha value is -4.74. The van der Waals surface area contributed by atoms with Gasteiger partial charge in [0.1, 0.15) is 35.2 Å². The second-order valence-electron chi connectivity index (χ2n) is 17.1. The van der Waals surface area contributed by atoms with Gasteiger partial charge < -0.3 is 34.6 Å². The molecule has 5 aliphatic rings. The number of halogens is 2. The summed E-state index contributed by atoms with van der Waals surface area (Å²) < 4.78 is 74.0. The van der Waals surface area contributed by atoms with Crippen molar-refractivity contribution in [2.24, 2.45) is 5.92 Å². The number of pyridine rings is 1. The summed E-state index contributed by atoms with van der Waals surface area (Å²) in [5.41, 5.74) is -0.290. The zero-order valence-electron chi connectivity index (χ0n) is 34.1. The molecule has 0 spiro atoms. The van der Waals surface area contributed by atoms with Crippen molar-refractivity contribution < 1.29 is 50.6 Å². The number of likely N-dealkylation sites (tertiary alicyclic amines) is 1. The van der Waals surface area contributed by atoms with E-state index in [1.54, 1.807) is 32.2 Å². The Morgan fingerprint density at radius 1 is 1.08 bits per heavy atom. The number of fused-ring (bicyclic) bond motifs is 3. The minimum Gasteiger partial charge on any atom is -0.496 e. The number of ether oxygens (including phenoxy) is 3. The smallest absolute Gasteiger partial charge is 0.318 e. The molecule has 2 saturated heterocycles. The van der Waals surface area contributed by atoms with Gasteiger partial charge >= 0.3 is 6.03 Å². The number of sulfonamides is 1. The first-order chi connectivity index (χ1) is 27.8. The van der Waals surface area contributed by atoms with E-state index in [-0.39, 0.29) is 44.3 Å². The van der Waals surface area contributed by atoms with Crippen molar-refractivity contribution in [2.45, 2.75) is 132 Å². The van der Waals surface area contributed by atoms with E-state index in [1.807, 2.05) is 32.9 Å². The maximum atomic E-state index is 14.7. The molecule has 2 aromatic rings. The summed E-state index contributed by atoms with van der Waals surface area (Å²) in [6, 6.07) is 2.03. The highest BCUT2D eigenvalue weighted by atomic mass is 32.2. The van der Waals surface area contributed by atoms with Crippen molar-refractivity contribution >= 4 is 44.7 Å². The molecule has 5 amide bonds. The fourth-order valence-electron chi connectivity index (χ4n) is 8.25. The van der Waals surface area contributed by atoms with Crippen LogP contribution in [-0.2, 0) is 24.4 Å². The van der Waals surface area contributed by atoms with Gasteiger partial charge in [-0.1, -0.05) is 25.0 Å². The van der Waals surface area contributed by atoms with Crippen LogP contribution in [0.2, 0.25) is 0 Å². The number of rotatable bonds is 9. The van der Waals surface area contributed by atoms with Crippen LogP contribution in [0.1, 0.15) is 90.5 Å². The van der Waals surface area contributed by atoms with Crippen molar-refractivity contribution in [2.75, 3.05) is 26.7 Å². The molecule has 15 nitrogen and oxygen atoms in total. The first-order valence-electron chi connectivity index (χ1n) is 20.5. The Morgan fingerprint density at radius 2 is 1.85 bits per heavy atom. The van der Waals surface area contributed by atoms with Gasteiger partial charge in [0.2, 0.25) is 27.7 Å². The summed E-state index contributed by atoms with van der Waals surface area (Å²) in [5, 5.41) is 6.18. The van der Waals surface area contributed by atoms with E-state index in [0.717, 1.165) is 10.5 Å². The third kappa shape index (κ3) is 8.78. The van der Waals surface area contributed by atoms with Crippen molar-refractivity contribution in [3.05, 3.63) is 35.9 Å². The standard InChI is InChI=1S/C41H54F2N6O9S/c1-24(2)57-33-20-32(28-13-14-31(56-5)25(3)34(28)45-33)58-27-19-30-35(50)46-41(37(52)47-59(54,55)39(4)15-16-39)21-26(41)11-9-7-6-8-10-12-29(36(51)49(30)22-27)44-38(53)48-18-17-40(42,43)23-48/h9,11,13-14,20,24,26-27,29-30H,6-8,10,12,15-19,21-23H2,1-5H3,(H,44,53)(H,46,50)(H,47,52)/b11-9-/t26-,27+,29-,30-,41+/m0/s1. The lowest BCUT2D eigenvalue weighted by atomic mass is 10.0. The number of aryl methyl sites for hydroxylation is 1. The molecule has 4 heterocycles. The molecule has 7 rings (SSSR count). The van der Waals surface area contributed by atoms with Crippen molar-refractivity contribution in [3.8, 4) is 17.4 Å². The number of benzene rings is 1. The number of carbonyl (C=O) groups excluding carboxylic acids is 4. The molecule has 59 heavy (non-hydrogen) atoms. The predicted molar refractivity (Wildman–Crippen MR) is 213 cm³/mol. The third-order valence-electron chi connectivity index (χ3n) is 12.2. The Bertz CT molecular complexity index is 2150. The maximum absolute atomic E-state index is 14.7. The van der Waals surface area contributed by atoms with Gasteiger partial charge in [0.25, 0.3) is 11.8 Å². The van der Waals surface area contributed by atoms with Gasteiger partial charge in [-0.05, 0) is 78.4 Å². The van der Waals surface area contributed by atoms with Crippen LogP contribution in [0, 0.1) is 12.8 Å². The van der Waals surface area contributed by atoms with E-state index < -0.39 is 87.1 Å². The summed E-state index contributed by atoms with van der Waals surface area (Å²) in [7, 11) is -2.49. The Labute approximate surface area is 343 Å². The van der Waals surface area contributed by atoms with Crippen LogP contribution < -0.4 is 29.6 Å². The Morgan fingerprint density at radius 3 is 2.53 bits per heavy atom. The number of aromatic nitrogens is 1. The fourth-order valence-corrected chi connectivity index (χ4v) is 9.57. The molecule has 4 fully saturated rings. The monoisotopic (exact) mass is 844 g/mol. The van der Waals surface area contributed by atoms with E-state index in [0.29, 0.717) is 60.9 Å². The van der Waals surface area contributed by atoms with E-state index in [1.165, 1.54) is 4.90 Å². The van der Waals surface area contributed by atoms with Crippen LogP contribution in [0.5, 0.6) is 17.4 Å². The van der Waals surface area contributed by atoms with Crippen LogP contribution in [0.15, 0.2) is 30.4 Å². The molecule has 0 unspecified atom stereocenters. The number of nitrogens with one attached hydrogen (secondary N) is 3. The highest BCUT2D eigenvalue weighted by Gasteiger charge is 2.63. The van der Waals surface area contributed by atoms with Crippen molar-refractivity contribution in [3.63, 3.8) is 0 Å². The van der Waals surface area contributed by atoms with Crippen LogP contribution >= 0.6 is 0 Å². The lowest BCUT2D eigenvalue weighted by Crippen LogP contribution is -2.59. The van der Waals surface area contributed by atoms with E-state index >= 15 is 0 Å². The largest absolute Gasteiger partial charge is 0.496 e. The van der Waals surface area contributed by atoms with Gasteiger partial charge in [-0.3, -0.25) is 19.1 Å². The van der Waals surface area contributed by atoms with Crippen LogP contribution in [-0.4, -0.2) is 114 Å². The summed E-state index contributed by atoms with van der Waals surface area (Å²) >= 11 is 0. The average molecular weight is 845 g/mol. The van der Waals surface area contributed by atoms with Gasteiger partial charge in [-0.2, -0.15) is 0 Å². The molecular weight excluding hydrogens is 791 g/mol. The molecule has 2 saturated carbocycles. The number of amides is 5. The van der Waals surface area contributed by atoms with E-state index in [4.69, 9.17) is 19.2 Å². The summed E-state index contributed by atoms with van der Waals surface area (Å²) in [6.07, 6.45) is 5.85. The zero-order valence-corrected chi connectivity index (χ0v) is 35.0. The summed E-state index contributed by atoms with van der Waals surface area (Å²) in [4.78, 5) is 63.6. The average Bonchev–Trinajstić information content (AvgIpc) is 3.99. The van der Waals surface area contributed by atoms with Crippen molar-refractivity contribution in [1.29, 1.82) is 0 Å². The van der Waals surface area contributed by atoms with Gasteiger partial charge in [-0.25, -0.2) is 27.0 Å². The molecular formula is C41H54F2N6O9S. The molecule has 1 aromatic carbocycles. The predicted octanol–water partition coefficient (Wildman–Crippen LogP) is 4.50. The first kappa shape index (κ1) is 42.4. The van der Waals surface area contributed by atoms with E-state index in [9.17, 15) is 36.4 Å². The lowest BCUT2D eigenvalue weighted by molar-refractivity contribution is -0.141.